The molecule has 0 unspecified atom stereocenters. The molecule has 2 N–H and O–H groups in total. The topological polar surface area (TPSA) is 106 Å². The van der Waals surface area contributed by atoms with Gasteiger partial charge in [0.1, 0.15) is 5.75 Å². The molecule has 14 heteroatoms. The van der Waals surface area contributed by atoms with Gasteiger partial charge in [-0.15, -0.1) is 0 Å². The van der Waals surface area contributed by atoms with Crippen LogP contribution < -0.4 is 5.32 Å². The van der Waals surface area contributed by atoms with Crippen LogP contribution in [-0.4, -0.2) is 114 Å². The van der Waals surface area contributed by atoms with Crippen LogP contribution in [0.2, 0.25) is 0 Å². The molecule has 3 fully saturated rings. The number of para-hydroxylation sites is 1. The second-order valence-corrected chi connectivity index (χ2v) is 15.6. The number of alkyl halides is 3. The molecular weight excluding hydrogens is 743 g/mol. The van der Waals surface area contributed by atoms with Gasteiger partial charge in [-0.05, 0) is 110 Å². The van der Waals surface area contributed by atoms with Crippen molar-refractivity contribution in [1.82, 2.24) is 19.6 Å². The van der Waals surface area contributed by atoms with Crippen molar-refractivity contribution in [3.8, 4) is 5.75 Å². The summed E-state index contributed by atoms with van der Waals surface area (Å²) < 4.78 is 45.1. The van der Waals surface area contributed by atoms with E-state index in [1.165, 1.54) is 19.6 Å². The quantitative estimate of drug-likeness (QED) is 0.330. The lowest BCUT2D eigenvalue weighted by atomic mass is 9.79. The van der Waals surface area contributed by atoms with Gasteiger partial charge in [0.15, 0.2) is 0 Å². The minimum absolute atomic E-state index is 0.0403. The third-order valence-corrected chi connectivity index (χ3v) is 12.0. The van der Waals surface area contributed by atoms with Crippen LogP contribution in [0, 0.1) is 11.3 Å². The Morgan fingerprint density at radius 1 is 0.962 bits per heavy atom. The van der Waals surface area contributed by atoms with E-state index in [-0.39, 0.29) is 54.6 Å². The molecule has 1 atom stereocenters. The number of phenols is 1. The molecule has 0 aliphatic carbocycles. The molecule has 0 bridgehead atoms. The zero-order valence-electron chi connectivity index (χ0n) is 30.3. The van der Waals surface area contributed by atoms with Crippen molar-refractivity contribution in [2.24, 2.45) is 11.3 Å². The molecule has 2 aromatic carbocycles. The summed E-state index contributed by atoms with van der Waals surface area (Å²) in [6.07, 6.45) is 0.523. The first-order valence-electron chi connectivity index (χ1n) is 18.2. The highest BCUT2D eigenvalue weighted by molar-refractivity contribution is 9.10. The summed E-state index contributed by atoms with van der Waals surface area (Å²) >= 11 is 3.30. The van der Waals surface area contributed by atoms with Crippen molar-refractivity contribution >= 4 is 39.6 Å². The summed E-state index contributed by atoms with van der Waals surface area (Å²) in [4.78, 5) is 44.5. The summed E-state index contributed by atoms with van der Waals surface area (Å²) in [6, 6.07) is 13.6. The molecule has 52 heavy (non-hydrogen) atoms. The fourth-order valence-corrected chi connectivity index (χ4v) is 8.20. The second kappa shape index (κ2) is 17.1. The molecule has 4 aliphatic heterocycles. The number of benzene rings is 2. The SMILES string of the molecule is COC(=O)N1CCC(N2CCc3ccccc3NC2=O)CC1.C[C@H](Cc1ccc(O)c(Br)c1)C(=O)N1CCC(N2CCC(C)(C(F)(F)F)CC2)CC1. The van der Waals surface area contributed by atoms with Gasteiger partial charge in [-0.1, -0.05) is 38.1 Å². The first-order chi connectivity index (χ1) is 24.7. The van der Waals surface area contributed by atoms with Crippen molar-refractivity contribution < 1.29 is 37.4 Å². The van der Waals surface area contributed by atoms with Crippen molar-refractivity contribution in [2.45, 2.75) is 83.5 Å². The molecular formula is C38H51BrF3N5O5. The third-order valence-electron chi connectivity index (χ3n) is 11.3. The van der Waals surface area contributed by atoms with Gasteiger partial charge in [0.25, 0.3) is 0 Å². The fourth-order valence-electron chi connectivity index (χ4n) is 7.77. The molecule has 4 aliphatic rings. The number of hydrogen-bond acceptors (Lipinski definition) is 6. The molecule has 3 saturated heterocycles. The van der Waals surface area contributed by atoms with Crippen LogP contribution in [-0.2, 0) is 22.4 Å². The normalized spacial score (nSPS) is 20.9. The van der Waals surface area contributed by atoms with Crippen LogP contribution in [0.1, 0.15) is 63.5 Å². The molecule has 0 aromatic heterocycles. The van der Waals surface area contributed by atoms with Gasteiger partial charge in [0.2, 0.25) is 5.91 Å². The smallest absolute Gasteiger partial charge is 0.409 e. The van der Waals surface area contributed by atoms with E-state index in [0.29, 0.717) is 56.7 Å². The lowest BCUT2D eigenvalue weighted by molar-refractivity contribution is -0.232. The van der Waals surface area contributed by atoms with Crippen molar-refractivity contribution in [1.29, 1.82) is 0 Å². The Labute approximate surface area is 312 Å². The number of nitrogens with one attached hydrogen (secondary N) is 1. The predicted molar refractivity (Wildman–Crippen MR) is 196 cm³/mol. The Morgan fingerprint density at radius 2 is 1.58 bits per heavy atom. The molecule has 0 radical (unpaired) electrons. The summed E-state index contributed by atoms with van der Waals surface area (Å²) in [5.74, 6) is 0.120. The maximum absolute atomic E-state index is 13.2. The van der Waals surface area contributed by atoms with E-state index in [2.05, 4.69) is 32.2 Å². The van der Waals surface area contributed by atoms with Crippen LogP contribution >= 0.6 is 15.9 Å². The Balaban J connectivity index is 0.000000210. The van der Waals surface area contributed by atoms with E-state index >= 15 is 0 Å². The fraction of sp³-hybridized carbons (Fsp3) is 0.605. The van der Waals surface area contributed by atoms with Crippen LogP contribution in [0.3, 0.4) is 0 Å². The molecule has 0 spiro atoms. The first-order valence-corrected chi connectivity index (χ1v) is 19.0. The van der Waals surface area contributed by atoms with E-state index in [1.54, 1.807) is 11.0 Å². The lowest BCUT2D eigenvalue weighted by Gasteiger charge is -2.45. The van der Waals surface area contributed by atoms with Crippen molar-refractivity contribution in [3.63, 3.8) is 0 Å². The van der Waals surface area contributed by atoms with E-state index in [4.69, 9.17) is 4.74 Å². The highest BCUT2D eigenvalue weighted by Gasteiger charge is 2.52. The molecule has 2 aromatic rings. The van der Waals surface area contributed by atoms with Gasteiger partial charge < -0.3 is 34.8 Å². The molecule has 4 amide bonds. The molecule has 6 rings (SSSR count). The lowest BCUT2D eigenvalue weighted by Crippen LogP contribution is -2.53. The number of piperidine rings is 3. The van der Waals surface area contributed by atoms with Crippen LogP contribution in [0.15, 0.2) is 46.9 Å². The van der Waals surface area contributed by atoms with Gasteiger partial charge in [0, 0.05) is 56.4 Å². The number of carbonyl (C=O) groups is 3. The van der Waals surface area contributed by atoms with Gasteiger partial charge in [-0.25, -0.2) is 9.59 Å². The van der Waals surface area contributed by atoms with Gasteiger partial charge in [-0.3, -0.25) is 4.79 Å². The van der Waals surface area contributed by atoms with E-state index in [0.717, 1.165) is 43.4 Å². The number of likely N-dealkylation sites (tertiary alicyclic amines) is 3. The molecule has 286 valence electrons. The standard InChI is InChI=1S/C22H30BrF3N2O2.C16H21N3O3/c1-15(13-16-3-4-19(29)18(23)14-16)20(30)28-9-5-17(6-10-28)27-11-7-21(2,8-12-27)22(24,25)26;1-22-16(21)18-9-7-13(8-10-18)19-11-6-12-4-2-3-5-14(12)17-15(19)20/h3-4,14-15,17,29H,5-13H2,1-2H3;2-5,13H,6-11H2,1H3,(H,17,20)/t15-;/m1./s1. The summed E-state index contributed by atoms with van der Waals surface area (Å²) in [6.45, 7) is 7.48. The Kier molecular flexibility index (Phi) is 13.0. The number of phenolic OH excluding ortho intramolecular Hbond substituents is 1. The highest BCUT2D eigenvalue weighted by Crippen LogP contribution is 2.46. The number of nitrogens with zero attached hydrogens (tertiary/aromatic N) is 4. The predicted octanol–water partition coefficient (Wildman–Crippen LogP) is 7.30. The largest absolute Gasteiger partial charge is 0.507 e. The molecule has 0 saturated carbocycles. The van der Waals surface area contributed by atoms with Crippen LogP contribution in [0.4, 0.5) is 28.4 Å². The zero-order chi connectivity index (χ0) is 37.6. The van der Waals surface area contributed by atoms with E-state index < -0.39 is 11.6 Å². The number of ether oxygens (including phenoxy) is 1. The van der Waals surface area contributed by atoms with E-state index in [1.807, 2.05) is 47.1 Å². The number of urea groups is 1. The monoisotopic (exact) mass is 793 g/mol. The Morgan fingerprint density at radius 3 is 2.19 bits per heavy atom. The van der Waals surface area contributed by atoms with Crippen molar-refractivity contribution in [2.75, 3.05) is 58.2 Å². The minimum atomic E-state index is -4.14. The number of amides is 4. The van der Waals surface area contributed by atoms with Crippen LogP contribution in [0.25, 0.3) is 0 Å². The van der Waals surface area contributed by atoms with Gasteiger partial charge >= 0.3 is 18.3 Å². The van der Waals surface area contributed by atoms with Crippen LogP contribution in [0.5, 0.6) is 5.75 Å². The minimum Gasteiger partial charge on any atom is -0.507 e. The number of fused-ring (bicyclic) bond motifs is 1. The zero-order valence-corrected chi connectivity index (χ0v) is 31.8. The number of methoxy groups -OCH3 is 1. The number of halogens is 4. The summed E-state index contributed by atoms with van der Waals surface area (Å²) in [7, 11) is 1.40. The number of carbonyl (C=O) groups excluding carboxylic acids is 3. The Bertz CT molecular complexity index is 1550. The number of hydrogen-bond donors (Lipinski definition) is 2. The highest BCUT2D eigenvalue weighted by atomic mass is 79.9. The number of aromatic hydroxyl groups is 1. The summed E-state index contributed by atoms with van der Waals surface area (Å²) in [5, 5.41) is 12.6. The van der Waals surface area contributed by atoms with Gasteiger partial charge in [0.05, 0.1) is 17.0 Å². The average Bonchev–Trinajstić information content (AvgIpc) is 3.30. The summed E-state index contributed by atoms with van der Waals surface area (Å²) in [5.41, 5.74) is 1.49. The molecule has 4 heterocycles. The maximum atomic E-state index is 13.2. The molecule has 10 nitrogen and oxygen atoms in total. The number of rotatable bonds is 5. The third kappa shape index (κ3) is 9.52. The maximum Gasteiger partial charge on any atom is 0.409 e. The van der Waals surface area contributed by atoms with Gasteiger partial charge in [-0.2, -0.15) is 13.2 Å². The second-order valence-electron chi connectivity index (χ2n) is 14.8. The van der Waals surface area contributed by atoms with Crippen molar-refractivity contribution in [3.05, 3.63) is 58.1 Å². The number of anilines is 1. The average molecular weight is 795 g/mol. The first kappa shape index (κ1) is 39.7. The van der Waals surface area contributed by atoms with E-state index in [9.17, 15) is 32.7 Å². The Hall–Kier alpha value is -3.52.